The lowest BCUT2D eigenvalue weighted by Crippen LogP contribution is -2.41. The molecule has 7 nitrogen and oxygen atoms in total. The summed E-state index contributed by atoms with van der Waals surface area (Å²) in [5, 5.41) is 0. The topological polar surface area (TPSA) is 76.2 Å². The van der Waals surface area contributed by atoms with Crippen molar-refractivity contribution in [3.05, 3.63) is 29.8 Å². The first kappa shape index (κ1) is 18.9. The quantitative estimate of drug-likeness (QED) is 0.777. The van der Waals surface area contributed by atoms with Gasteiger partial charge in [0.1, 0.15) is 0 Å². The van der Waals surface area contributed by atoms with Crippen LogP contribution in [0.3, 0.4) is 0 Å². The monoisotopic (exact) mass is 394 g/mol. The molecule has 3 saturated heterocycles. The number of amides is 1. The maximum atomic E-state index is 12.7. The number of benzene rings is 1. The van der Waals surface area contributed by atoms with Crippen molar-refractivity contribution in [1.29, 1.82) is 0 Å². The molecule has 1 amide bonds. The van der Waals surface area contributed by atoms with Crippen LogP contribution in [-0.4, -0.2) is 69.2 Å². The van der Waals surface area contributed by atoms with Gasteiger partial charge in [-0.3, -0.25) is 4.79 Å². The zero-order valence-corrected chi connectivity index (χ0v) is 16.2. The Morgan fingerprint density at radius 1 is 0.926 bits per heavy atom. The molecule has 0 saturated carbocycles. The number of piperidine rings is 1. The van der Waals surface area contributed by atoms with Crippen molar-refractivity contribution < 1.29 is 22.7 Å². The third-order valence-electron chi connectivity index (χ3n) is 5.66. The number of hydrogen-bond acceptors (Lipinski definition) is 5. The van der Waals surface area contributed by atoms with Crippen molar-refractivity contribution in [2.45, 2.75) is 36.9 Å². The summed E-state index contributed by atoms with van der Waals surface area (Å²) in [6.45, 7) is 3.78. The Morgan fingerprint density at radius 2 is 1.52 bits per heavy atom. The Hall–Kier alpha value is -1.48. The zero-order chi connectivity index (χ0) is 18.9. The molecule has 0 unspecified atom stereocenters. The van der Waals surface area contributed by atoms with Gasteiger partial charge in [0, 0.05) is 37.7 Å². The van der Waals surface area contributed by atoms with Gasteiger partial charge in [-0.2, -0.15) is 4.31 Å². The largest absolute Gasteiger partial charge is 0.350 e. The van der Waals surface area contributed by atoms with E-state index in [-0.39, 0.29) is 17.1 Å². The summed E-state index contributed by atoms with van der Waals surface area (Å²) in [4.78, 5) is 14.8. The van der Waals surface area contributed by atoms with Crippen LogP contribution in [0, 0.1) is 5.92 Å². The van der Waals surface area contributed by atoms with Gasteiger partial charge in [-0.1, -0.05) is 0 Å². The van der Waals surface area contributed by atoms with Crippen molar-refractivity contribution in [2.75, 3.05) is 39.4 Å². The molecule has 0 spiro atoms. The molecule has 3 aliphatic heterocycles. The standard InChI is InChI=1S/C19H26N2O5S/c22-18(20-11-7-16(8-12-20)19-25-13-14-26-19)15-3-5-17(6-4-15)27(23,24)21-9-1-2-10-21/h3-6,16,19H,1-2,7-14H2. The summed E-state index contributed by atoms with van der Waals surface area (Å²) < 4.78 is 37.8. The van der Waals surface area contributed by atoms with E-state index in [1.165, 1.54) is 4.31 Å². The molecule has 27 heavy (non-hydrogen) atoms. The third kappa shape index (κ3) is 3.89. The fraction of sp³-hybridized carbons (Fsp3) is 0.632. The maximum absolute atomic E-state index is 12.7. The second-order valence-corrected chi connectivity index (χ2v) is 9.31. The van der Waals surface area contributed by atoms with E-state index in [1.807, 2.05) is 4.90 Å². The summed E-state index contributed by atoms with van der Waals surface area (Å²) in [5.74, 6) is 0.288. The lowest BCUT2D eigenvalue weighted by Gasteiger charge is -2.33. The first-order chi connectivity index (χ1) is 13.1. The molecule has 8 heteroatoms. The van der Waals surface area contributed by atoms with Gasteiger partial charge in [0.2, 0.25) is 10.0 Å². The van der Waals surface area contributed by atoms with Crippen LogP contribution < -0.4 is 0 Å². The van der Waals surface area contributed by atoms with Crippen LogP contribution in [0.25, 0.3) is 0 Å². The van der Waals surface area contributed by atoms with Crippen molar-refractivity contribution in [3.8, 4) is 0 Å². The average Bonchev–Trinajstić information content (AvgIpc) is 3.42. The molecule has 0 bridgehead atoms. The molecule has 148 valence electrons. The third-order valence-corrected chi connectivity index (χ3v) is 7.58. The molecule has 4 rings (SSSR count). The molecule has 3 heterocycles. The van der Waals surface area contributed by atoms with E-state index >= 15 is 0 Å². The van der Waals surface area contributed by atoms with Crippen LogP contribution >= 0.6 is 0 Å². The Bertz CT molecular complexity index is 760. The molecule has 1 aromatic rings. The highest BCUT2D eigenvalue weighted by molar-refractivity contribution is 7.89. The number of hydrogen-bond donors (Lipinski definition) is 0. The van der Waals surface area contributed by atoms with Crippen LogP contribution in [0.2, 0.25) is 0 Å². The molecule has 3 aliphatic rings. The minimum absolute atomic E-state index is 0.0492. The number of ether oxygens (including phenoxy) is 2. The van der Waals surface area contributed by atoms with Crippen molar-refractivity contribution in [2.24, 2.45) is 5.92 Å². The Balaban J connectivity index is 1.38. The SMILES string of the molecule is O=C(c1ccc(S(=O)(=O)N2CCCC2)cc1)N1CCC(C2OCCO2)CC1. The lowest BCUT2D eigenvalue weighted by atomic mass is 9.95. The minimum atomic E-state index is -3.44. The Morgan fingerprint density at radius 3 is 2.11 bits per heavy atom. The van der Waals surface area contributed by atoms with Gasteiger partial charge in [-0.15, -0.1) is 0 Å². The smallest absolute Gasteiger partial charge is 0.253 e. The highest BCUT2D eigenvalue weighted by atomic mass is 32.2. The van der Waals surface area contributed by atoms with Gasteiger partial charge < -0.3 is 14.4 Å². The summed E-state index contributed by atoms with van der Waals surface area (Å²) in [5.41, 5.74) is 0.530. The van der Waals surface area contributed by atoms with E-state index < -0.39 is 10.0 Å². The van der Waals surface area contributed by atoms with Crippen LogP contribution in [0.1, 0.15) is 36.0 Å². The summed E-state index contributed by atoms with van der Waals surface area (Å²) >= 11 is 0. The second-order valence-electron chi connectivity index (χ2n) is 7.38. The van der Waals surface area contributed by atoms with E-state index in [4.69, 9.17) is 9.47 Å². The predicted molar refractivity (Wildman–Crippen MR) is 98.8 cm³/mol. The Labute approximate surface area is 160 Å². The highest BCUT2D eigenvalue weighted by Gasteiger charge is 2.32. The molecule has 0 N–H and O–H groups in total. The average molecular weight is 394 g/mol. The molecule has 0 atom stereocenters. The van der Waals surface area contributed by atoms with Gasteiger partial charge in [0.25, 0.3) is 5.91 Å². The normalized spacial score (nSPS) is 23.2. The van der Waals surface area contributed by atoms with Crippen molar-refractivity contribution in [3.63, 3.8) is 0 Å². The number of rotatable bonds is 4. The van der Waals surface area contributed by atoms with Gasteiger partial charge in [0.05, 0.1) is 18.1 Å². The number of carbonyl (C=O) groups is 1. The lowest BCUT2D eigenvalue weighted by molar-refractivity contribution is -0.0956. The van der Waals surface area contributed by atoms with E-state index in [9.17, 15) is 13.2 Å². The first-order valence-electron chi connectivity index (χ1n) is 9.68. The van der Waals surface area contributed by atoms with E-state index in [2.05, 4.69) is 0 Å². The van der Waals surface area contributed by atoms with E-state index in [1.54, 1.807) is 24.3 Å². The molecule has 0 radical (unpaired) electrons. The molecule has 3 fully saturated rings. The molecular formula is C19H26N2O5S. The fourth-order valence-electron chi connectivity index (χ4n) is 4.05. The minimum Gasteiger partial charge on any atom is -0.350 e. The van der Waals surface area contributed by atoms with Crippen LogP contribution in [0.15, 0.2) is 29.2 Å². The number of sulfonamides is 1. The molecular weight excluding hydrogens is 368 g/mol. The van der Waals surface area contributed by atoms with Crippen LogP contribution in [0.4, 0.5) is 0 Å². The number of nitrogens with zero attached hydrogens (tertiary/aromatic N) is 2. The summed E-state index contributed by atoms with van der Waals surface area (Å²) in [6, 6.07) is 6.35. The Kier molecular flexibility index (Phi) is 5.50. The molecule has 1 aromatic carbocycles. The van der Waals surface area contributed by atoms with E-state index in [0.29, 0.717) is 50.9 Å². The second kappa shape index (κ2) is 7.87. The van der Waals surface area contributed by atoms with Crippen LogP contribution in [-0.2, 0) is 19.5 Å². The highest BCUT2D eigenvalue weighted by Crippen LogP contribution is 2.27. The van der Waals surface area contributed by atoms with Gasteiger partial charge in [-0.25, -0.2) is 8.42 Å². The molecule has 0 aliphatic carbocycles. The van der Waals surface area contributed by atoms with Gasteiger partial charge in [-0.05, 0) is 49.9 Å². The summed E-state index contributed by atoms with van der Waals surface area (Å²) in [6.07, 6.45) is 3.40. The van der Waals surface area contributed by atoms with E-state index in [0.717, 1.165) is 25.7 Å². The predicted octanol–water partition coefficient (Wildman–Crippen LogP) is 1.70. The first-order valence-corrected chi connectivity index (χ1v) is 11.1. The number of carbonyl (C=O) groups excluding carboxylic acids is 1. The summed E-state index contributed by atoms with van der Waals surface area (Å²) in [7, 11) is -3.44. The van der Waals surface area contributed by atoms with Gasteiger partial charge >= 0.3 is 0 Å². The fourth-order valence-corrected chi connectivity index (χ4v) is 5.57. The van der Waals surface area contributed by atoms with Crippen molar-refractivity contribution >= 4 is 15.9 Å². The van der Waals surface area contributed by atoms with Crippen LogP contribution in [0.5, 0.6) is 0 Å². The maximum Gasteiger partial charge on any atom is 0.253 e. The zero-order valence-electron chi connectivity index (χ0n) is 15.4. The number of likely N-dealkylation sites (tertiary alicyclic amines) is 1. The van der Waals surface area contributed by atoms with Crippen molar-refractivity contribution in [1.82, 2.24) is 9.21 Å². The molecule has 0 aromatic heterocycles. The van der Waals surface area contributed by atoms with Gasteiger partial charge in [0.15, 0.2) is 6.29 Å².